The molecule has 1 rings (SSSR count). The highest BCUT2D eigenvalue weighted by atomic mass is 16.2. The third-order valence-electron chi connectivity index (χ3n) is 1.12. The summed E-state index contributed by atoms with van der Waals surface area (Å²) in [5.74, 6) is -0.461. The first kappa shape index (κ1) is 19.7. The quantitative estimate of drug-likeness (QED) is 0.260. The number of aromatic nitrogens is 3. The highest BCUT2D eigenvalue weighted by Crippen LogP contribution is 1.97. The molecule has 0 aliphatic rings. The molecule has 13 heteroatoms. The number of carbonyl (C=O) groups is 3. The van der Waals surface area contributed by atoms with Crippen LogP contribution in [0.3, 0.4) is 0 Å². The molecule has 5 amide bonds. The molecule has 0 fully saturated rings. The Kier molecular flexibility index (Phi) is 9.66. The van der Waals surface area contributed by atoms with E-state index in [1.807, 2.05) is 0 Å². The van der Waals surface area contributed by atoms with Crippen molar-refractivity contribution < 1.29 is 14.4 Å². The zero-order valence-electron chi connectivity index (χ0n) is 10.8. The SMILES string of the molecule is C=CC(=O)NC(N)=O.NC(N)=O.Nc1nc(N)nc(N)n1. The summed E-state index contributed by atoms with van der Waals surface area (Å²) in [5, 5.41) is 1.77. The molecule has 0 bridgehead atoms. The number of nitrogens with zero attached hydrogens (tertiary/aromatic N) is 3. The van der Waals surface area contributed by atoms with E-state index in [2.05, 4.69) is 38.7 Å². The fourth-order valence-electron chi connectivity index (χ4n) is 0.600. The van der Waals surface area contributed by atoms with E-state index in [-0.39, 0.29) is 17.8 Å². The Morgan fingerprint density at radius 1 is 0.905 bits per heavy atom. The van der Waals surface area contributed by atoms with Gasteiger partial charge in [0.2, 0.25) is 17.8 Å². The first-order valence-corrected chi connectivity index (χ1v) is 4.88. The molecule has 0 spiro atoms. The molecule has 0 saturated carbocycles. The van der Waals surface area contributed by atoms with Gasteiger partial charge in [-0.1, -0.05) is 6.58 Å². The second kappa shape index (κ2) is 10.3. The van der Waals surface area contributed by atoms with Gasteiger partial charge in [-0.15, -0.1) is 0 Å². The summed E-state index contributed by atoms with van der Waals surface area (Å²) >= 11 is 0. The monoisotopic (exact) mass is 300 g/mol. The maximum Gasteiger partial charge on any atom is 0.319 e. The van der Waals surface area contributed by atoms with Crippen LogP contribution in [0, 0.1) is 0 Å². The summed E-state index contributed by atoms with van der Waals surface area (Å²) in [6, 6.07) is -1.70. The second-order valence-corrected chi connectivity index (χ2v) is 2.87. The number of rotatable bonds is 1. The van der Waals surface area contributed by atoms with Gasteiger partial charge in [-0.3, -0.25) is 10.1 Å². The average molecular weight is 300 g/mol. The Morgan fingerprint density at radius 3 is 1.33 bits per heavy atom. The lowest BCUT2D eigenvalue weighted by atomic mass is 10.6. The van der Waals surface area contributed by atoms with E-state index in [9.17, 15) is 9.59 Å². The van der Waals surface area contributed by atoms with Crippen LogP contribution in [0.4, 0.5) is 27.4 Å². The van der Waals surface area contributed by atoms with E-state index in [1.54, 1.807) is 5.32 Å². The molecule has 116 valence electrons. The minimum Gasteiger partial charge on any atom is -0.368 e. The topological polar surface area (TPSA) is 258 Å². The number of anilines is 3. The van der Waals surface area contributed by atoms with Gasteiger partial charge in [0.1, 0.15) is 0 Å². The van der Waals surface area contributed by atoms with Crippen LogP contribution in [-0.4, -0.2) is 32.9 Å². The number of nitrogens with two attached hydrogens (primary N) is 6. The van der Waals surface area contributed by atoms with Crippen molar-refractivity contribution in [3.8, 4) is 0 Å². The van der Waals surface area contributed by atoms with Crippen molar-refractivity contribution in [3.05, 3.63) is 12.7 Å². The zero-order chi connectivity index (χ0) is 17.0. The van der Waals surface area contributed by atoms with Crippen molar-refractivity contribution in [2.45, 2.75) is 0 Å². The van der Waals surface area contributed by atoms with E-state index >= 15 is 0 Å². The van der Waals surface area contributed by atoms with E-state index in [0.717, 1.165) is 6.08 Å². The number of nitrogens with one attached hydrogen (secondary N) is 1. The van der Waals surface area contributed by atoms with E-state index in [1.165, 1.54) is 0 Å². The van der Waals surface area contributed by atoms with Crippen molar-refractivity contribution >= 4 is 35.8 Å². The highest BCUT2D eigenvalue weighted by molar-refractivity contribution is 5.99. The largest absolute Gasteiger partial charge is 0.368 e. The predicted molar refractivity (Wildman–Crippen MR) is 74.8 cm³/mol. The van der Waals surface area contributed by atoms with Gasteiger partial charge in [0.15, 0.2) is 0 Å². The Hall–Kier alpha value is -3.64. The Bertz CT molecular complexity index is 463. The van der Waals surface area contributed by atoms with Crippen LogP contribution in [0.2, 0.25) is 0 Å². The van der Waals surface area contributed by atoms with E-state index < -0.39 is 18.0 Å². The predicted octanol–water partition coefficient (Wildman–Crippen LogP) is -2.99. The van der Waals surface area contributed by atoms with Gasteiger partial charge in [-0.05, 0) is 6.08 Å². The molecular formula is C8H16N10O3. The van der Waals surface area contributed by atoms with Gasteiger partial charge in [-0.25, -0.2) is 9.59 Å². The molecule has 1 heterocycles. The van der Waals surface area contributed by atoms with E-state index in [0.29, 0.717) is 0 Å². The summed E-state index contributed by atoms with van der Waals surface area (Å²) in [6.07, 6.45) is 0.963. The van der Waals surface area contributed by atoms with Crippen molar-refractivity contribution in [2.24, 2.45) is 17.2 Å². The number of urea groups is 2. The number of amides is 5. The summed E-state index contributed by atoms with van der Waals surface area (Å²) in [5.41, 5.74) is 28.5. The number of hydrogen-bond donors (Lipinski definition) is 7. The summed E-state index contributed by atoms with van der Waals surface area (Å²) in [6.45, 7) is 3.09. The van der Waals surface area contributed by atoms with E-state index in [4.69, 9.17) is 22.0 Å². The summed E-state index contributed by atoms with van der Waals surface area (Å²) in [4.78, 5) is 39.4. The molecule has 13 N–H and O–H groups in total. The molecule has 0 atom stereocenters. The van der Waals surface area contributed by atoms with Gasteiger partial charge in [-0.2, -0.15) is 15.0 Å². The molecule has 0 aliphatic heterocycles. The highest BCUT2D eigenvalue weighted by Gasteiger charge is 1.94. The van der Waals surface area contributed by atoms with Gasteiger partial charge < -0.3 is 34.4 Å². The molecule has 0 aromatic carbocycles. The van der Waals surface area contributed by atoms with Crippen LogP contribution in [0.15, 0.2) is 12.7 Å². The average Bonchev–Trinajstić information content (AvgIpc) is 2.25. The fraction of sp³-hybridized carbons (Fsp3) is 0. The van der Waals surface area contributed by atoms with Crippen LogP contribution in [0.5, 0.6) is 0 Å². The van der Waals surface area contributed by atoms with Crippen LogP contribution >= 0.6 is 0 Å². The van der Waals surface area contributed by atoms with Crippen LogP contribution < -0.4 is 39.7 Å². The number of hydrogen-bond acceptors (Lipinski definition) is 9. The smallest absolute Gasteiger partial charge is 0.319 e. The minimum absolute atomic E-state index is 0.0417. The number of nitrogen functional groups attached to an aromatic ring is 3. The third kappa shape index (κ3) is 16.4. The summed E-state index contributed by atoms with van der Waals surface area (Å²) < 4.78 is 0. The van der Waals surface area contributed by atoms with Gasteiger partial charge >= 0.3 is 12.1 Å². The molecule has 0 unspecified atom stereocenters. The first-order valence-electron chi connectivity index (χ1n) is 4.88. The third-order valence-corrected chi connectivity index (χ3v) is 1.12. The molecule has 13 nitrogen and oxygen atoms in total. The molecule has 0 radical (unpaired) electrons. The first-order chi connectivity index (χ1) is 9.58. The van der Waals surface area contributed by atoms with Crippen molar-refractivity contribution in [1.82, 2.24) is 20.3 Å². The second-order valence-electron chi connectivity index (χ2n) is 2.87. The lowest BCUT2D eigenvalue weighted by molar-refractivity contribution is -0.115. The minimum atomic E-state index is -0.866. The summed E-state index contributed by atoms with van der Waals surface area (Å²) in [7, 11) is 0. The van der Waals surface area contributed by atoms with Crippen molar-refractivity contribution in [3.63, 3.8) is 0 Å². The lowest BCUT2D eigenvalue weighted by Gasteiger charge is -1.93. The van der Waals surface area contributed by atoms with Gasteiger partial charge in [0, 0.05) is 0 Å². The number of imide groups is 1. The maximum absolute atomic E-state index is 10.1. The molecule has 0 saturated heterocycles. The molecule has 1 aromatic rings. The van der Waals surface area contributed by atoms with Gasteiger partial charge in [0.25, 0.3) is 5.91 Å². The molecule has 0 aliphatic carbocycles. The van der Waals surface area contributed by atoms with Crippen LogP contribution in [0.1, 0.15) is 0 Å². The Labute approximate surface area is 118 Å². The number of primary amides is 3. The van der Waals surface area contributed by atoms with Gasteiger partial charge in [0.05, 0.1) is 0 Å². The molecular weight excluding hydrogens is 284 g/mol. The van der Waals surface area contributed by atoms with Crippen LogP contribution in [0.25, 0.3) is 0 Å². The normalized spacial score (nSPS) is 8.00. The Balaban J connectivity index is 0. The molecule has 1 aromatic heterocycles. The van der Waals surface area contributed by atoms with Crippen molar-refractivity contribution in [1.29, 1.82) is 0 Å². The standard InChI is InChI=1S/C4H6N2O2.C3H6N6.CH4N2O/c1-2-3(7)6-4(5)8;4-1-7-2(5)9-3(6)8-1;2-1(3)4/h2H,1H2,(H3,5,6,7,8);(H6,4,5,6,7,8,9);(H4,2,3,4). The fourth-order valence-corrected chi connectivity index (χ4v) is 0.600. The van der Waals surface area contributed by atoms with Crippen molar-refractivity contribution in [2.75, 3.05) is 17.2 Å². The zero-order valence-corrected chi connectivity index (χ0v) is 10.8. The lowest BCUT2D eigenvalue weighted by Crippen LogP contribution is -2.33. The number of carbonyl (C=O) groups excluding carboxylic acids is 3. The maximum atomic E-state index is 10.1. The Morgan fingerprint density at radius 2 is 1.19 bits per heavy atom. The van der Waals surface area contributed by atoms with Crippen LogP contribution in [-0.2, 0) is 4.79 Å². The molecule has 21 heavy (non-hydrogen) atoms.